The standard InChI is InChI=1S/C10H13N3O2/c14-7-3-6-13-10(15)8-12-5-2-1-4-9(12)11-13/h1-2,4-5,14H,3,6-8H2. The Kier molecular flexibility index (Phi) is 2.82. The minimum absolute atomic E-state index is 0.0350. The van der Waals surface area contributed by atoms with Crippen molar-refractivity contribution in [2.45, 2.75) is 6.42 Å². The largest absolute Gasteiger partial charge is 0.396 e. The van der Waals surface area contributed by atoms with Crippen LogP contribution in [0.15, 0.2) is 29.5 Å². The van der Waals surface area contributed by atoms with Crippen molar-refractivity contribution >= 4 is 11.7 Å². The molecular formula is C10H13N3O2. The monoisotopic (exact) mass is 207 g/mol. The van der Waals surface area contributed by atoms with Gasteiger partial charge in [-0.25, -0.2) is 5.01 Å². The molecule has 1 amide bonds. The summed E-state index contributed by atoms with van der Waals surface area (Å²) in [6.07, 6.45) is 8.01. The van der Waals surface area contributed by atoms with Crippen LogP contribution >= 0.6 is 0 Å². The van der Waals surface area contributed by atoms with E-state index in [1.54, 1.807) is 4.90 Å². The zero-order valence-electron chi connectivity index (χ0n) is 8.33. The number of amidine groups is 1. The molecule has 0 saturated heterocycles. The number of hydrogen-bond donors (Lipinski definition) is 1. The maximum Gasteiger partial charge on any atom is 0.262 e. The molecule has 15 heavy (non-hydrogen) atoms. The molecule has 2 heterocycles. The molecule has 0 fully saturated rings. The van der Waals surface area contributed by atoms with E-state index >= 15 is 0 Å². The first-order valence-corrected chi connectivity index (χ1v) is 4.92. The number of rotatable bonds is 3. The van der Waals surface area contributed by atoms with E-state index in [2.05, 4.69) is 5.10 Å². The predicted molar refractivity (Wildman–Crippen MR) is 55.8 cm³/mol. The summed E-state index contributed by atoms with van der Waals surface area (Å²) in [5.74, 6) is 0.738. The van der Waals surface area contributed by atoms with E-state index in [4.69, 9.17) is 5.11 Å². The Morgan fingerprint density at radius 2 is 2.33 bits per heavy atom. The third-order valence-corrected chi connectivity index (χ3v) is 2.26. The van der Waals surface area contributed by atoms with E-state index in [9.17, 15) is 4.79 Å². The van der Waals surface area contributed by atoms with Crippen molar-refractivity contribution in [2.24, 2.45) is 5.10 Å². The van der Waals surface area contributed by atoms with Gasteiger partial charge in [0.2, 0.25) is 0 Å². The highest BCUT2D eigenvalue weighted by Gasteiger charge is 2.24. The molecular weight excluding hydrogens is 194 g/mol. The third kappa shape index (κ3) is 2.07. The normalized spacial score (nSPS) is 19.3. The van der Waals surface area contributed by atoms with E-state index in [1.807, 2.05) is 24.4 Å². The van der Waals surface area contributed by atoms with E-state index in [0.717, 1.165) is 5.84 Å². The number of carbonyl (C=O) groups is 1. The second-order valence-corrected chi connectivity index (χ2v) is 3.38. The second kappa shape index (κ2) is 4.27. The molecule has 0 bridgehead atoms. The molecule has 0 spiro atoms. The molecule has 0 unspecified atom stereocenters. The maximum absolute atomic E-state index is 11.6. The fourth-order valence-electron chi connectivity index (χ4n) is 1.49. The summed E-state index contributed by atoms with van der Waals surface area (Å²) in [7, 11) is 0. The fraction of sp³-hybridized carbons (Fsp3) is 0.400. The Morgan fingerprint density at radius 3 is 3.13 bits per heavy atom. The molecule has 1 N–H and O–H groups in total. The number of amides is 1. The fourth-order valence-corrected chi connectivity index (χ4v) is 1.49. The first kappa shape index (κ1) is 9.92. The van der Waals surface area contributed by atoms with Gasteiger partial charge < -0.3 is 10.0 Å². The molecule has 0 radical (unpaired) electrons. The molecule has 5 heteroatoms. The molecule has 0 aromatic carbocycles. The number of carbonyl (C=O) groups excluding carboxylic acids is 1. The highest BCUT2D eigenvalue weighted by Crippen LogP contribution is 2.11. The lowest BCUT2D eigenvalue weighted by molar-refractivity contribution is -0.132. The Balaban J connectivity index is 2.11. The molecule has 0 aromatic heterocycles. The van der Waals surface area contributed by atoms with Crippen molar-refractivity contribution < 1.29 is 9.90 Å². The molecule has 0 aromatic rings. The van der Waals surface area contributed by atoms with Crippen molar-refractivity contribution in [3.05, 3.63) is 24.4 Å². The van der Waals surface area contributed by atoms with Gasteiger partial charge in [-0.1, -0.05) is 6.08 Å². The van der Waals surface area contributed by atoms with Crippen LogP contribution in [0, 0.1) is 0 Å². The molecule has 2 aliphatic rings. The van der Waals surface area contributed by atoms with Gasteiger partial charge in [0.25, 0.3) is 5.91 Å². The number of fused-ring (bicyclic) bond motifs is 1. The lowest BCUT2D eigenvalue weighted by atomic mass is 10.3. The first-order chi connectivity index (χ1) is 7.31. The van der Waals surface area contributed by atoms with Crippen LogP contribution in [0.4, 0.5) is 0 Å². The van der Waals surface area contributed by atoms with Crippen molar-refractivity contribution in [1.29, 1.82) is 0 Å². The SMILES string of the molecule is O=C1CN2C=CC=CC2=NN1CCCO. The topological polar surface area (TPSA) is 56.1 Å². The van der Waals surface area contributed by atoms with Crippen LogP contribution in [0.1, 0.15) is 6.42 Å². The summed E-state index contributed by atoms with van der Waals surface area (Å²) in [6, 6.07) is 0. The summed E-state index contributed by atoms with van der Waals surface area (Å²) in [5, 5.41) is 14.3. The molecule has 5 nitrogen and oxygen atoms in total. The molecule has 0 atom stereocenters. The van der Waals surface area contributed by atoms with Gasteiger partial charge in [0.05, 0.1) is 0 Å². The Labute approximate surface area is 88.0 Å². The summed E-state index contributed by atoms with van der Waals surface area (Å²) >= 11 is 0. The van der Waals surface area contributed by atoms with Gasteiger partial charge in [-0.2, -0.15) is 5.10 Å². The minimum Gasteiger partial charge on any atom is -0.396 e. The average Bonchev–Trinajstić information content (AvgIpc) is 2.26. The van der Waals surface area contributed by atoms with E-state index in [1.165, 1.54) is 5.01 Å². The first-order valence-electron chi connectivity index (χ1n) is 4.92. The van der Waals surface area contributed by atoms with Gasteiger partial charge in [0.1, 0.15) is 6.54 Å². The summed E-state index contributed by atoms with van der Waals surface area (Å²) in [4.78, 5) is 13.4. The highest BCUT2D eigenvalue weighted by atomic mass is 16.3. The van der Waals surface area contributed by atoms with Crippen LogP contribution < -0.4 is 0 Å². The van der Waals surface area contributed by atoms with Gasteiger partial charge in [0.15, 0.2) is 5.84 Å². The maximum atomic E-state index is 11.6. The minimum atomic E-state index is -0.0350. The van der Waals surface area contributed by atoms with Crippen LogP contribution in [0.2, 0.25) is 0 Å². The van der Waals surface area contributed by atoms with Gasteiger partial charge in [0, 0.05) is 19.4 Å². The van der Waals surface area contributed by atoms with Gasteiger partial charge in [-0.05, 0) is 18.6 Å². The number of hydrazone groups is 1. The Bertz CT molecular complexity index is 347. The van der Waals surface area contributed by atoms with Gasteiger partial charge >= 0.3 is 0 Å². The zero-order valence-corrected chi connectivity index (χ0v) is 8.33. The van der Waals surface area contributed by atoms with Crippen LogP contribution in [-0.4, -0.2) is 46.5 Å². The van der Waals surface area contributed by atoms with Crippen LogP contribution in [0.3, 0.4) is 0 Å². The summed E-state index contributed by atoms with van der Waals surface area (Å²) in [5.41, 5.74) is 0. The second-order valence-electron chi connectivity index (χ2n) is 3.38. The van der Waals surface area contributed by atoms with Crippen molar-refractivity contribution in [2.75, 3.05) is 19.7 Å². The van der Waals surface area contributed by atoms with Crippen molar-refractivity contribution in [3.8, 4) is 0 Å². The highest BCUT2D eigenvalue weighted by molar-refractivity contribution is 6.00. The summed E-state index contributed by atoms with van der Waals surface area (Å²) in [6.45, 7) is 0.878. The Morgan fingerprint density at radius 1 is 1.47 bits per heavy atom. The van der Waals surface area contributed by atoms with Gasteiger partial charge in [-0.3, -0.25) is 4.79 Å². The van der Waals surface area contributed by atoms with Crippen LogP contribution in [0.25, 0.3) is 0 Å². The predicted octanol–water partition coefficient (Wildman–Crippen LogP) is -0.0900. The number of hydrogen-bond acceptors (Lipinski definition) is 4. The van der Waals surface area contributed by atoms with Crippen molar-refractivity contribution in [1.82, 2.24) is 9.91 Å². The van der Waals surface area contributed by atoms with Crippen LogP contribution in [-0.2, 0) is 4.79 Å². The third-order valence-electron chi connectivity index (χ3n) is 2.26. The van der Waals surface area contributed by atoms with Crippen molar-refractivity contribution in [3.63, 3.8) is 0 Å². The number of allylic oxidation sites excluding steroid dienone is 2. The van der Waals surface area contributed by atoms with Gasteiger partial charge in [-0.15, -0.1) is 0 Å². The molecule has 0 saturated carbocycles. The zero-order chi connectivity index (χ0) is 10.7. The Hall–Kier alpha value is -1.62. The van der Waals surface area contributed by atoms with E-state index < -0.39 is 0 Å². The van der Waals surface area contributed by atoms with E-state index in [-0.39, 0.29) is 12.5 Å². The summed E-state index contributed by atoms with van der Waals surface area (Å²) < 4.78 is 0. The number of nitrogens with zero attached hydrogens (tertiary/aromatic N) is 3. The number of aliphatic hydroxyl groups excluding tert-OH is 1. The lowest BCUT2D eigenvalue weighted by Gasteiger charge is -2.30. The average molecular weight is 207 g/mol. The van der Waals surface area contributed by atoms with E-state index in [0.29, 0.717) is 19.5 Å². The lowest BCUT2D eigenvalue weighted by Crippen LogP contribution is -2.45. The number of aliphatic hydroxyl groups is 1. The molecule has 2 aliphatic heterocycles. The molecule has 0 aliphatic carbocycles. The molecule has 80 valence electrons. The smallest absolute Gasteiger partial charge is 0.262 e. The molecule has 2 rings (SSSR count). The van der Waals surface area contributed by atoms with Crippen LogP contribution in [0.5, 0.6) is 0 Å². The quantitative estimate of drug-likeness (QED) is 0.703.